The standard InChI is InChI=1S/C23H24ClF2NO3S/c24-17-3-6-19(7-4-17)31(29,30)23(20-14-18(25)5-8-21(20)26)11-9-16(10-12-23)15-27-13-1-2-22(27)28/h3-8,14,16H,1-2,9-13,15H2. The third kappa shape index (κ3) is 4.10. The molecule has 31 heavy (non-hydrogen) atoms. The van der Waals surface area contributed by atoms with Crippen LogP contribution in [0.25, 0.3) is 0 Å². The summed E-state index contributed by atoms with van der Waals surface area (Å²) in [4.78, 5) is 13.8. The van der Waals surface area contributed by atoms with E-state index in [4.69, 9.17) is 11.6 Å². The summed E-state index contributed by atoms with van der Waals surface area (Å²) in [5.41, 5.74) is -0.127. The molecule has 0 N–H and O–H groups in total. The number of sulfone groups is 1. The van der Waals surface area contributed by atoms with Gasteiger partial charge in [-0.2, -0.15) is 0 Å². The zero-order valence-electron chi connectivity index (χ0n) is 17.0. The molecule has 0 aromatic heterocycles. The highest BCUT2D eigenvalue weighted by molar-refractivity contribution is 7.92. The Kier molecular flexibility index (Phi) is 6.10. The molecule has 2 aliphatic rings. The fourth-order valence-corrected chi connectivity index (χ4v) is 7.19. The highest BCUT2D eigenvalue weighted by Crippen LogP contribution is 2.49. The maximum Gasteiger partial charge on any atom is 0.222 e. The van der Waals surface area contributed by atoms with E-state index in [-0.39, 0.29) is 35.1 Å². The number of likely N-dealkylation sites (tertiary alicyclic amines) is 1. The normalized spacial score (nSPS) is 24.5. The Morgan fingerprint density at radius 3 is 2.35 bits per heavy atom. The van der Waals surface area contributed by atoms with E-state index < -0.39 is 26.2 Å². The summed E-state index contributed by atoms with van der Waals surface area (Å²) in [5.74, 6) is -1.15. The van der Waals surface area contributed by atoms with Gasteiger partial charge in [-0.15, -0.1) is 0 Å². The van der Waals surface area contributed by atoms with Crippen LogP contribution in [0.2, 0.25) is 5.02 Å². The van der Waals surface area contributed by atoms with E-state index in [1.54, 1.807) is 0 Å². The summed E-state index contributed by atoms with van der Waals surface area (Å²) in [6.45, 7) is 1.31. The van der Waals surface area contributed by atoms with E-state index in [0.717, 1.165) is 31.2 Å². The summed E-state index contributed by atoms with van der Waals surface area (Å²) in [6.07, 6.45) is 2.72. The van der Waals surface area contributed by atoms with Gasteiger partial charge >= 0.3 is 0 Å². The molecule has 2 aromatic carbocycles. The molecule has 0 bridgehead atoms. The van der Waals surface area contributed by atoms with Gasteiger partial charge in [0, 0.05) is 30.1 Å². The molecule has 8 heteroatoms. The monoisotopic (exact) mass is 467 g/mol. The molecule has 4 rings (SSSR count). The Balaban J connectivity index is 1.70. The van der Waals surface area contributed by atoms with E-state index in [0.29, 0.717) is 30.8 Å². The van der Waals surface area contributed by atoms with E-state index in [2.05, 4.69) is 0 Å². The van der Waals surface area contributed by atoms with Crippen LogP contribution in [0.5, 0.6) is 0 Å². The minimum atomic E-state index is -4.04. The van der Waals surface area contributed by atoms with Crippen molar-refractivity contribution in [2.24, 2.45) is 5.92 Å². The van der Waals surface area contributed by atoms with Crippen LogP contribution in [-0.4, -0.2) is 32.3 Å². The van der Waals surface area contributed by atoms with Crippen LogP contribution in [0, 0.1) is 17.6 Å². The number of hydrogen-bond acceptors (Lipinski definition) is 3. The van der Waals surface area contributed by atoms with Gasteiger partial charge in [0.2, 0.25) is 5.91 Å². The quantitative estimate of drug-likeness (QED) is 0.614. The van der Waals surface area contributed by atoms with Crippen molar-refractivity contribution in [3.05, 3.63) is 64.7 Å². The molecule has 1 aliphatic heterocycles. The number of hydrogen-bond donors (Lipinski definition) is 0. The van der Waals surface area contributed by atoms with E-state index in [1.165, 1.54) is 24.3 Å². The predicted molar refractivity (Wildman–Crippen MR) is 114 cm³/mol. The minimum absolute atomic E-state index is 0.0359. The minimum Gasteiger partial charge on any atom is -0.342 e. The molecule has 0 unspecified atom stereocenters. The van der Waals surface area contributed by atoms with Crippen molar-refractivity contribution in [2.75, 3.05) is 13.1 Å². The first-order valence-electron chi connectivity index (χ1n) is 10.5. The average molecular weight is 468 g/mol. The summed E-state index contributed by atoms with van der Waals surface area (Å²) in [5, 5.41) is 0.393. The molecule has 1 aliphatic carbocycles. The second-order valence-electron chi connectivity index (χ2n) is 8.46. The smallest absolute Gasteiger partial charge is 0.222 e. The van der Waals surface area contributed by atoms with Gasteiger partial charge < -0.3 is 4.90 Å². The first-order chi connectivity index (χ1) is 14.7. The number of carbonyl (C=O) groups is 1. The van der Waals surface area contributed by atoms with Gasteiger partial charge in [0.25, 0.3) is 0 Å². The number of carbonyl (C=O) groups excluding carboxylic acids is 1. The zero-order chi connectivity index (χ0) is 22.2. The van der Waals surface area contributed by atoms with Crippen molar-refractivity contribution in [3.63, 3.8) is 0 Å². The van der Waals surface area contributed by atoms with Crippen molar-refractivity contribution in [1.29, 1.82) is 0 Å². The van der Waals surface area contributed by atoms with Crippen molar-refractivity contribution in [2.45, 2.75) is 48.2 Å². The van der Waals surface area contributed by atoms with E-state index in [9.17, 15) is 22.0 Å². The lowest BCUT2D eigenvalue weighted by Crippen LogP contribution is -2.42. The molecule has 0 spiro atoms. The fraction of sp³-hybridized carbons (Fsp3) is 0.435. The Bertz CT molecular complexity index is 1080. The largest absolute Gasteiger partial charge is 0.342 e. The van der Waals surface area contributed by atoms with Crippen molar-refractivity contribution in [3.8, 4) is 0 Å². The maximum atomic E-state index is 14.9. The van der Waals surface area contributed by atoms with Gasteiger partial charge in [-0.25, -0.2) is 17.2 Å². The second kappa shape index (κ2) is 8.51. The molecular formula is C23H24ClF2NO3S. The molecule has 4 nitrogen and oxygen atoms in total. The number of amides is 1. The first-order valence-corrected chi connectivity index (χ1v) is 12.3. The lowest BCUT2D eigenvalue weighted by atomic mass is 9.77. The molecule has 1 saturated heterocycles. The lowest BCUT2D eigenvalue weighted by molar-refractivity contribution is -0.128. The van der Waals surface area contributed by atoms with Crippen molar-refractivity contribution < 1.29 is 22.0 Å². The Morgan fingerprint density at radius 2 is 1.74 bits per heavy atom. The van der Waals surface area contributed by atoms with Crippen molar-refractivity contribution >= 4 is 27.3 Å². The molecule has 1 saturated carbocycles. The molecule has 0 atom stereocenters. The molecule has 166 valence electrons. The van der Waals surface area contributed by atoms with E-state index >= 15 is 0 Å². The maximum absolute atomic E-state index is 14.9. The van der Waals surface area contributed by atoms with Gasteiger partial charge in [-0.1, -0.05) is 11.6 Å². The number of nitrogens with zero attached hydrogens (tertiary/aromatic N) is 1. The van der Waals surface area contributed by atoms with E-state index in [1.807, 2.05) is 4.90 Å². The Labute approximate surface area is 186 Å². The van der Waals surface area contributed by atoms with Crippen LogP contribution in [0.3, 0.4) is 0 Å². The number of halogens is 3. The van der Waals surface area contributed by atoms with Gasteiger partial charge in [0.05, 0.1) is 4.90 Å². The molecule has 2 aromatic rings. The van der Waals surface area contributed by atoms with Crippen LogP contribution in [0.1, 0.15) is 44.1 Å². The van der Waals surface area contributed by atoms with Crippen LogP contribution < -0.4 is 0 Å². The Hall–Kier alpha value is -1.99. The van der Waals surface area contributed by atoms with Gasteiger partial charge in [-0.05, 0) is 80.5 Å². The average Bonchev–Trinajstić information content (AvgIpc) is 3.15. The molecule has 0 radical (unpaired) electrons. The van der Waals surface area contributed by atoms with Gasteiger partial charge in [0.15, 0.2) is 9.84 Å². The summed E-state index contributed by atoms with van der Waals surface area (Å²) >= 11 is 5.92. The molecule has 1 amide bonds. The summed E-state index contributed by atoms with van der Waals surface area (Å²) < 4.78 is 55.0. The van der Waals surface area contributed by atoms with Crippen LogP contribution in [0.15, 0.2) is 47.4 Å². The zero-order valence-corrected chi connectivity index (χ0v) is 18.6. The highest BCUT2D eigenvalue weighted by atomic mass is 35.5. The second-order valence-corrected chi connectivity index (χ2v) is 11.2. The molecular weight excluding hydrogens is 444 g/mol. The lowest BCUT2D eigenvalue weighted by Gasteiger charge is -2.41. The first kappa shape index (κ1) is 22.2. The van der Waals surface area contributed by atoms with Crippen LogP contribution in [-0.2, 0) is 19.4 Å². The summed E-state index contributed by atoms with van der Waals surface area (Å²) in [7, 11) is -4.04. The highest BCUT2D eigenvalue weighted by Gasteiger charge is 2.50. The Morgan fingerprint density at radius 1 is 1.06 bits per heavy atom. The summed E-state index contributed by atoms with van der Waals surface area (Å²) in [6, 6.07) is 8.76. The third-order valence-electron chi connectivity index (χ3n) is 6.62. The molecule has 2 fully saturated rings. The third-order valence-corrected chi connectivity index (χ3v) is 9.42. The van der Waals surface area contributed by atoms with Crippen LogP contribution >= 0.6 is 11.6 Å². The van der Waals surface area contributed by atoms with Gasteiger partial charge in [0.1, 0.15) is 16.4 Å². The number of benzene rings is 2. The fourth-order valence-electron chi connectivity index (χ4n) is 4.90. The number of rotatable bonds is 5. The van der Waals surface area contributed by atoms with Crippen molar-refractivity contribution in [1.82, 2.24) is 4.90 Å². The molecule has 1 heterocycles. The SMILES string of the molecule is O=C1CCCN1CC1CCC(c2cc(F)ccc2F)(S(=O)(=O)c2ccc(Cl)cc2)CC1. The predicted octanol–water partition coefficient (Wildman–Crippen LogP) is 5.10. The van der Waals surface area contributed by atoms with Crippen LogP contribution in [0.4, 0.5) is 8.78 Å². The topological polar surface area (TPSA) is 54.5 Å². The van der Waals surface area contributed by atoms with Gasteiger partial charge in [-0.3, -0.25) is 4.79 Å².